The van der Waals surface area contributed by atoms with Crippen molar-refractivity contribution in [1.82, 2.24) is 4.90 Å². The van der Waals surface area contributed by atoms with E-state index in [0.717, 1.165) is 18.7 Å². The lowest BCUT2D eigenvalue weighted by Gasteiger charge is -2.30. The molecule has 2 aromatic rings. The maximum atomic E-state index is 12.7. The van der Waals surface area contributed by atoms with E-state index >= 15 is 0 Å². The van der Waals surface area contributed by atoms with Gasteiger partial charge in [0.1, 0.15) is 0 Å². The Morgan fingerprint density at radius 3 is 2.38 bits per heavy atom. The number of likely N-dealkylation sites (tertiary alicyclic amines) is 1. The van der Waals surface area contributed by atoms with Crippen LogP contribution in [-0.4, -0.2) is 55.6 Å². The van der Waals surface area contributed by atoms with Crippen LogP contribution in [0.15, 0.2) is 42.5 Å². The fourth-order valence-corrected chi connectivity index (χ4v) is 4.62. The molecule has 9 heteroatoms. The minimum atomic E-state index is -0.0921. The molecule has 0 aromatic heterocycles. The van der Waals surface area contributed by atoms with Gasteiger partial charge < -0.3 is 25.0 Å². The molecule has 0 radical (unpaired) electrons. The van der Waals surface area contributed by atoms with Gasteiger partial charge in [0.25, 0.3) is 0 Å². The quantitative estimate of drug-likeness (QED) is 0.682. The van der Waals surface area contributed by atoms with Crippen molar-refractivity contribution in [2.75, 3.05) is 48.5 Å². The van der Waals surface area contributed by atoms with Crippen molar-refractivity contribution in [3.63, 3.8) is 0 Å². The predicted molar refractivity (Wildman–Crippen MR) is 127 cm³/mol. The number of ether oxygens (including phenoxy) is 2. The number of anilines is 3. The number of piperidine rings is 1. The minimum absolute atomic E-state index is 0.0143. The minimum Gasteiger partial charge on any atom is -0.454 e. The molecule has 3 aliphatic rings. The third kappa shape index (κ3) is 4.99. The topological polar surface area (TPSA) is 100 Å². The Balaban J connectivity index is 1.06. The highest BCUT2D eigenvalue weighted by Gasteiger charge is 2.27. The zero-order chi connectivity index (χ0) is 23.5. The van der Waals surface area contributed by atoms with E-state index in [1.54, 1.807) is 23.1 Å². The van der Waals surface area contributed by atoms with Gasteiger partial charge in [0.05, 0.1) is 6.54 Å². The van der Waals surface area contributed by atoms with Crippen molar-refractivity contribution in [2.45, 2.75) is 25.7 Å². The number of amides is 3. The van der Waals surface area contributed by atoms with Gasteiger partial charge in [0.15, 0.2) is 11.5 Å². The second-order valence-corrected chi connectivity index (χ2v) is 8.85. The summed E-state index contributed by atoms with van der Waals surface area (Å²) in [4.78, 5) is 40.9. The lowest BCUT2D eigenvalue weighted by Crippen LogP contribution is -2.41. The Morgan fingerprint density at radius 1 is 0.912 bits per heavy atom. The summed E-state index contributed by atoms with van der Waals surface area (Å²) < 4.78 is 10.7. The number of hydrogen-bond donors (Lipinski definition) is 2. The Labute approximate surface area is 198 Å². The molecular formula is C25H28N4O5. The van der Waals surface area contributed by atoms with E-state index < -0.39 is 0 Å². The van der Waals surface area contributed by atoms with Crippen LogP contribution in [0.2, 0.25) is 0 Å². The van der Waals surface area contributed by atoms with Gasteiger partial charge in [-0.1, -0.05) is 0 Å². The summed E-state index contributed by atoms with van der Waals surface area (Å²) in [6.07, 6.45) is 2.87. The third-order valence-electron chi connectivity index (χ3n) is 6.50. The van der Waals surface area contributed by atoms with Crippen molar-refractivity contribution in [1.29, 1.82) is 0 Å². The monoisotopic (exact) mass is 464 g/mol. The van der Waals surface area contributed by atoms with Crippen molar-refractivity contribution in [3.8, 4) is 11.5 Å². The highest BCUT2D eigenvalue weighted by Crippen LogP contribution is 2.34. The van der Waals surface area contributed by atoms with Gasteiger partial charge >= 0.3 is 0 Å². The van der Waals surface area contributed by atoms with Crippen LogP contribution in [0, 0.1) is 5.92 Å². The van der Waals surface area contributed by atoms with Crippen molar-refractivity contribution >= 4 is 34.8 Å². The molecule has 0 aliphatic carbocycles. The van der Waals surface area contributed by atoms with Crippen molar-refractivity contribution in [3.05, 3.63) is 42.5 Å². The fraction of sp³-hybridized carbons (Fsp3) is 0.400. The van der Waals surface area contributed by atoms with Gasteiger partial charge in [-0.3, -0.25) is 19.3 Å². The Bertz CT molecular complexity index is 1080. The van der Waals surface area contributed by atoms with Crippen LogP contribution in [0.25, 0.3) is 0 Å². The first-order valence-corrected chi connectivity index (χ1v) is 11.7. The number of nitrogens with one attached hydrogen (secondary N) is 2. The van der Waals surface area contributed by atoms with E-state index in [0.29, 0.717) is 55.2 Å². The summed E-state index contributed by atoms with van der Waals surface area (Å²) in [7, 11) is 0. The number of carbonyl (C=O) groups is 3. The van der Waals surface area contributed by atoms with E-state index in [4.69, 9.17) is 9.47 Å². The molecule has 2 N–H and O–H groups in total. The van der Waals surface area contributed by atoms with Crippen LogP contribution < -0.4 is 25.0 Å². The number of fused-ring (bicyclic) bond motifs is 1. The zero-order valence-electron chi connectivity index (χ0n) is 18.9. The molecule has 0 saturated carbocycles. The Kier molecular flexibility index (Phi) is 6.35. The summed E-state index contributed by atoms with van der Waals surface area (Å²) in [5, 5.41) is 5.88. The summed E-state index contributed by atoms with van der Waals surface area (Å²) >= 11 is 0. The number of rotatable bonds is 6. The lowest BCUT2D eigenvalue weighted by molar-refractivity contribution is -0.121. The molecule has 5 rings (SSSR count). The van der Waals surface area contributed by atoms with Crippen LogP contribution in [-0.2, 0) is 14.4 Å². The van der Waals surface area contributed by atoms with Gasteiger partial charge in [-0.15, -0.1) is 0 Å². The SMILES string of the molecule is O=C(CN1CCC(C(=O)Nc2ccc3c(c2)OCO3)CC1)Nc1ccc(N2CCCC2=O)cc1. The molecule has 9 nitrogen and oxygen atoms in total. The third-order valence-corrected chi connectivity index (χ3v) is 6.50. The maximum Gasteiger partial charge on any atom is 0.238 e. The molecule has 3 amide bonds. The van der Waals surface area contributed by atoms with Gasteiger partial charge in [-0.05, 0) is 68.8 Å². The van der Waals surface area contributed by atoms with Gasteiger partial charge in [-0.25, -0.2) is 0 Å². The molecule has 3 aliphatic heterocycles. The second kappa shape index (κ2) is 9.72. The van der Waals surface area contributed by atoms with Crippen LogP contribution in [0.5, 0.6) is 11.5 Å². The first kappa shape index (κ1) is 22.2. The summed E-state index contributed by atoms with van der Waals surface area (Å²) in [6.45, 7) is 2.59. The average molecular weight is 465 g/mol. The van der Waals surface area contributed by atoms with E-state index in [1.807, 2.05) is 24.3 Å². The van der Waals surface area contributed by atoms with Crippen molar-refractivity contribution in [2.24, 2.45) is 5.92 Å². The van der Waals surface area contributed by atoms with Crippen LogP contribution in [0.3, 0.4) is 0 Å². The molecule has 2 fully saturated rings. The van der Waals surface area contributed by atoms with Gasteiger partial charge in [0, 0.05) is 42.0 Å². The molecule has 0 atom stereocenters. The molecule has 0 bridgehead atoms. The molecule has 3 heterocycles. The fourth-order valence-electron chi connectivity index (χ4n) is 4.62. The lowest BCUT2D eigenvalue weighted by atomic mass is 9.95. The van der Waals surface area contributed by atoms with E-state index in [1.165, 1.54) is 0 Å². The molecule has 34 heavy (non-hydrogen) atoms. The normalized spacial score (nSPS) is 18.2. The van der Waals surface area contributed by atoms with Crippen LogP contribution in [0.4, 0.5) is 17.1 Å². The first-order chi connectivity index (χ1) is 16.5. The predicted octanol–water partition coefficient (Wildman–Crippen LogP) is 2.83. The largest absolute Gasteiger partial charge is 0.454 e. The highest BCUT2D eigenvalue weighted by molar-refractivity contribution is 5.96. The number of nitrogens with zero attached hydrogens (tertiary/aromatic N) is 2. The number of benzene rings is 2. The summed E-state index contributed by atoms with van der Waals surface area (Å²) in [5.74, 6) is 1.27. The second-order valence-electron chi connectivity index (χ2n) is 8.85. The molecule has 2 saturated heterocycles. The average Bonchev–Trinajstić information content (AvgIpc) is 3.48. The van der Waals surface area contributed by atoms with E-state index in [2.05, 4.69) is 15.5 Å². The van der Waals surface area contributed by atoms with E-state index in [9.17, 15) is 14.4 Å². The molecule has 178 valence electrons. The molecule has 0 spiro atoms. The summed E-state index contributed by atoms with van der Waals surface area (Å²) in [5.41, 5.74) is 2.26. The van der Waals surface area contributed by atoms with Crippen molar-refractivity contribution < 1.29 is 23.9 Å². The van der Waals surface area contributed by atoms with E-state index in [-0.39, 0.29) is 37.0 Å². The van der Waals surface area contributed by atoms with Gasteiger partial charge in [-0.2, -0.15) is 0 Å². The first-order valence-electron chi connectivity index (χ1n) is 11.7. The van der Waals surface area contributed by atoms with Crippen LogP contribution >= 0.6 is 0 Å². The molecule has 2 aromatic carbocycles. The van der Waals surface area contributed by atoms with Crippen LogP contribution in [0.1, 0.15) is 25.7 Å². The number of hydrogen-bond acceptors (Lipinski definition) is 6. The molecule has 0 unspecified atom stereocenters. The Morgan fingerprint density at radius 2 is 1.65 bits per heavy atom. The summed E-state index contributed by atoms with van der Waals surface area (Å²) in [6, 6.07) is 12.7. The molecular weight excluding hydrogens is 436 g/mol. The Hall–Kier alpha value is -3.59. The number of carbonyl (C=O) groups excluding carboxylic acids is 3. The van der Waals surface area contributed by atoms with Gasteiger partial charge in [0.2, 0.25) is 24.5 Å². The standard InChI is InChI=1S/C25H28N4O5/c30-23(26-18-3-6-20(7-4-18)29-11-1-2-24(29)31)15-28-12-9-17(10-13-28)25(32)27-19-5-8-21-22(14-19)34-16-33-21/h3-8,14,17H,1-2,9-13,15-16H2,(H,26,30)(H,27,32). The smallest absolute Gasteiger partial charge is 0.238 e. The highest BCUT2D eigenvalue weighted by atomic mass is 16.7. The maximum absolute atomic E-state index is 12.7. The zero-order valence-corrected chi connectivity index (χ0v) is 18.9.